The summed E-state index contributed by atoms with van der Waals surface area (Å²) in [6, 6.07) is 10.7. The van der Waals surface area contributed by atoms with Crippen molar-refractivity contribution >= 4 is 11.7 Å². The average molecular weight is 355 g/mol. The van der Waals surface area contributed by atoms with Crippen LogP contribution in [0.3, 0.4) is 0 Å². The molecule has 2 amide bonds. The second-order valence-electron chi connectivity index (χ2n) is 7.14. The summed E-state index contributed by atoms with van der Waals surface area (Å²) < 4.78 is 5.48. The van der Waals surface area contributed by atoms with E-state index >= 15 is 0 Å². The topological polar surface area (TPSA) is 74.5 Å². The Balaban J connectivity index is 1.25. The minimum atomic E-state index is 0.0464. The first-order chi connectivity index (χ1) is 12.7. The van der Waals surface area contributed by atoms with E-state index in [-0.39, 0.29) is 18.0 Å². The Bertz CT molecular complexity index is 741. The van der Waals surface area contributed by atoms with Crippen molar-refractivity contribution in [3.63, 3.8) is 0 Å². The Morgan fingerprint density at radius 2 is 1.92 bits per heavy atom. The SMILES string of the molecule is Cc1nnc(C2CC(NC(=O)N3CCCN(c4ccccc4)CC3)C2)o1. The fourth-order valence-corrected chi connectivity index (χ4v) is 3.70. The molecule has 1 aliphatic heterocycles. The zero-order valence-electron chi connectivity index (χ0n) is 15.1. The highest BCUT2D eigenvalue weighted by Gasteiger charge is 2.35. The number of anilines is 1. The van der Waals surface area contributed by atoms with Gasteiger partial charge >= 0.3 is 6.03 Å². The molecule has 0 spiro atoms. The number of amides is 2. The summed E-state index contributed by atoms with van der Waals surface area (Å²) in [4.78, 5) is 16.9. The van der Waals surface area contributed by atoms with Gasteiger partial charge in [0.2, 0.25) is 11.8 Å². The van der Waals surface area contributed by atoms with Crippen molar-refractivity contribution in [2.24, 2.45) is 0 Å². The number of hydrogen-bond donors (Lipinski definition) is 1. The molecule has 2 aromatic rings. The molecular weight excluding hydrogens is 330 g/mol. The number of aromatic nitrogens is 2. The van der Waals surface area contributed by atoms with Crippen molar-refractivity contribution in [1.82, 2.24) is 20.4 Å². The third-order valence-electron chi connectivity index (χ3n) is 5.26. The van der Waals surface area contributed by atoms with Crippen LogP contribution in [0.1, 0.15) is 37.0 Å². The van der Waals surface area contributed by atoms with Gasteiger partial charge in [0, 0.05) is 50.7 Å². The van der Waals surface area contributed by atoms with Gasteiger partial charge in [-0.2, -0.15) is 0 Å². The van der Waals surface area contributed by atoms with E-state index in [1.807, 2.05) is 11.0 Å². The summed E-state index contributed by atoms with van der Waals surface area (Å²) in [6.45, 7) is 5.20. The minimum absolute atomic E-state index is 0.0464. The van der Waals surface area contributed by atoms with Gasteiger partial charge in [-0.15, -0.1) is 10.2 Å². The maximum Gasteiger partial charge on any atom is 0.317 e. The highest BCUT2D eigenvalue weighted by molar-refractivity contribution is 5.74. The lowest BCUT2D eigenvalue weighted by Crippen LogP contribution is -2.50. The maximum atomic E-state index is 12.6. The van der Waals surface area contributed by atoms with Crippen LogP contribution in [0.2, 0.25) is 0 Å². The van der Waals surface area contributed by atoms with E-state index in [2.05, 4.69) is 44.7 Å². The van der Waals surface area contributed by atoms with E-state index in [1.54, 1.807) is 6.92 Å². The Morgan fingerprint density at radius 1 is 1.12 bits per heavy atom. The number of aryl methyl sites for hydroxylation is 1. The molecule has 2 aliphatic rings. The summed E-state index contributed by atoms with van der Waals surface area (Å²) >= 11 is 0. The minimum Gasteiger partial charge on any atom is -0.425 e. The Labute approximate surface area is 153 Å². The number of nitrogens with zero attached hydrogens (tertiary/aromatic N) is 4. The van der Waals surface area contributed by atoms with E-state index in [0.717, 1.165) is 45.4 Å². The quantitative estimate of drug-likeness (QED) is 0.916. The molecule has 1 aromatic carbocycles. The molecule has 1 saturated carbocycles. The maximum absolute atomic E-state index is 12.6. The predicted octanol–water partition coefficient (Wildman–Crippen LogP) is 2.55. The van der Waals surface area contributed by atoms with E-state index in [0.29, 0.717) is 11.8 Å². The van der Waals surface area contributed by atoms with Crippen molar-refractivity contribution in [3.8, 4) is 0 Å². The Hall–Kier alpha value is -2.57. The lowest BCUT2D eigenvalue weighted by Gasteiger charge is -2.35. The van der Waals surface area contributed by atoms with Crippen molar-refractivity contribution in [1.29, 1.82) is 0 Å². The first-order valence-corrected chi connectivity index (χ1v) is 9.34. The lowest BCUT2D eigenvalue weighted by molar-refractivity contribution is 0.181. The van der Waals surface area contributed by atoms with Gasteiger partial charge < -0.3 is 19.5 Å². The number of carbonyl (C=O) groups excluding carboxylic acids is 1. The van der Waals surface area contributed by atoms with Crippen LogP contribution in [0, 0.1) is 6.92 Å². The van der Waals surface area contributed by atoms with Crippen LogP contribution in [-0.2, 0) is 0 Å². The molecule has 1 aromatic heterocycles. The van der Waals surface area contributed by atoms with Crippen LogP contribution in [0.25, 0.3) is 0 Å². The van der Waals surface area contributed by atoms with Crippen molar-refractivity contribution < 1.29 is 9.21 Å². The smallest absolute Gasteiger partial charge is 0.317 e. The number of carbonyl (C=O) groups is 1. The van der Waals surface area contributed by atoms with Gasteiger partial charge in [0.25, 0.3) is 0 Å². The van der Waals surface area contributed by atoms with Gasteiger partial charge in [0.1, 0.15) is 0 Å². The number of benzene rings is 1. The highest BCUT2D eigenvalue weighted by Crippen LogP contribution is 2.36. The lowest BCUT2D eigenvalue weighted by atomic mass is 9.80. The van der Waals surface area contributed by atoms with Crippen LogP contribution < -0.4 is 10.2 Å². The molecular formula is C19H25N5O2. The number of nitrogens with one attached hydrogen (secondary N) is 1. The molecule has 1 saturated heterocycles. The molecule has 0 unspecified atom stereocenters. The molecule has 0 radical (unpaired) electrons. The van der Waals surface area contributed by atoms with Gasteiger partial charge in [0.05, 0.1) is 0 Å². The van der Waals surface area contributed by atoms with E-state index in [1.165, 1.54) is 5.69 Å². The molecule has 7 nitrogen and oxygen atoms in total. The van der Waals surface area contributed by atoms with Crippen LogP contribution in [0.5, 0.6) is 0 Å². The van der Waals surface area contributed by atoms with Crippen LogP contribution in [0.4, 0.5) is 10.5 Å². The Morgan fingerprint density at radius 3 is 2.65 bits per heavy atom. The molecule has 0 atom stereocenters. The monoisotopic (exact) mass is 355 g/mol. The fourth-order valence-electron chi connectivity index (χ4n) is 3.70. The number of urea groups is 1. The van der Waals surface area contributed by atoms with Crippen LogP contribution in [-0.4, -0.2) is 53.3 Å². The van der Waals surface area contributed by atoms with Crippen LogP contribution >= 0.6 is 0 Å². The number of hydrogen-bond acceptors (Lipinski definition) is 5. The first kappa shape index (κ1) is 16.9. The molecule has 7 heteroatoms. The Kier molecular flexibility index (Phi) is 4.77. The van der Waals surface area contributed by atoms with Crippen molar-refractivity contribution in [2.75, 3.05) is 31.1 Å². The molecule has 138 valence electrons. The zero-order chi connectivity index (χ0) is 17.9. The average Bonchev–Trinajstić information content (AvgIpc) is 2.90. The molecule has 2 fully saturated rings. The summed E-state index contributed by atoms with van der Waals surface area (Å²) in [7, 11) is 0. The molecule has 0 bridgehead atoms. The fraction of sp³-hybridized carbons (Fsp3) is 0.526. The summed E-state index contributed by atoms with van der Waals surface area (Å²) in [5.41, 5.74) is 1.23. The van der Waals surface area contributed by atoms with Gasteiger partial charge in [-0.05, 0) is 31.4 Å². The van der Waals surface area contributed by atoms with E-state index < -0.39 is 0 Å². The summed E-state index contributed by atoms with van der Waals surface area (Å²) in [5.74, 6) is 1.57. The van der Waals surface area contributed by atoms with Crippen molar-refractivity contribution in [3.05, 3.63) is 42.1 Å². The third-order valence-corrected chi connectivity index (χ3v) is 5.26. The van der Waals surface area contributed by atoms with E-state index in [4.69, 9.17) is 4.42 Å². The molecule has 26 heavy (non-hydrogen) atoms. The number of para-hydroxylation sites is 1. The first-order valence-electron chi connectivity index (χ1n) is 9.34. The number of rotatable bonds is 3. The van der Waals surface area contributed by atoms with Crippen molar-refractivity contribution in [2.45, 2.75) is 38.1 Å². The van der Waals surface area contributed by atoms with Gasteiger partial charge in [-0.3, -0.25) is 0 Å². The molecule has 2 heterocycles. The summed E-state index contributed by atoms with van der Waals surface area (Å²) in [6.07, 6.45) is 2.73. The predicted molar refractivity (Wildman–Crippen MR) is 98.2 cm³/mol. The molecule has 4 rings (SSSR count). The standard InChI is InChI=1S/C19H25N5O2/c1-14-21-22-18(26-14)15-12-16(13-15)20-19(25)24-9-5-8-23(10-11-24)17-6-3-2-4-7-17/h2-4,6-7,15-16H,5,8-13H2,1H3,(H,20,25). The molecule has 1 N–H and O–H groups in total. The zero-order valence-corrected chi connectivity index (χ0v) is 15.1. The summed E-state index contributed by atoms with van der Waals surface area (Å²) in [5, 5.41) is 11.1. The van der Waals surface area contributed by atoms with Gasteiger partial charge in [0.15, 0.2) is 0 Å². The van der Waals surface area contributed by atoms with E-state index in [9.17, 15) is 4.79 Å². The van der Waals surface area contributed by atoms with Crippen LogP contribution in [0.15, 0.2) is 34.7 Å². The molecule has 1 aliphatic carbocycles. The normalized spacial score (nSPS) is 23.3. The second kappa shape index (κ2) is 7.35. The third kappa shape index (κ3) is 3.66. The second-order valence-corrected chi connectivity index (χ2v) is 7.14. The highest BCUT2D eigenvalue weighted by atomic mass is 16.4. The van der Waals surface area contributed by atoms with Gasteiger partial charge in [-0.1, -0.05) is 18.2 Å². The van der Waals surface area contributed by atoms with Gasteiger partial charge in [-0.25, -0.2) is 4.79 Å². The largest absolute Gasteiger partial charge is 0.425 e.